The van der Waals surface area contributed by atoms with E-state index in [0.717, 1.165) is 19.6 Å². The number of benzene rings is 1. The van der Waals surface area contributed by atoms with E-state index in [4.69, 9.17) is 23.2 Å². The number of thioether (sulfide) groups is 1. The summed E-state index contributed by atoms with van der Waals surface area (Å²) in [5.74, 6) is 0.810. The molecule has 1 unspecified atom stereocenters. The number of likely N-dealkylation sites (tertiary alicyclic amines) is 1. The lowest BCUT2D eigenvalue weighted by molar-refractivity contribution is -0.118. The van der Waals surface area contributed by atoms with Crippen LogP contribution >= 0.6 is 35.0 Å². The normalized spacial score (nSPS) is 18.7. The van der Waals surface area contributed by atoms with Crippen LogP contribution in [0.2, 0.25) is 10.2 Å². The summed E-state index contributed by atoms with van der Waals surface area (Å²) in [6.07, 6.45) is 2.48. The van der Waals surface area contributed by atoms with Crippen molar-refractivity contribution in [3.63, 3.8) is 0 Å². The van der Waals surface area contributed by atoms with Gasteiger partial charge in [0, 0.05) is 44.8 Å². The Morgan fingerprint density at radius 3 is 2.63 bits per heavy atom. The molecular weight excluding hydrogens is 507 g/mol. The summed E-state index contributed by atoms with van der Waals surface area (Å²) < 4.78 is 0. The predicted molar refractivity (Wildman–Crippen MR) is 141 cm³/mol. The number of amides is 2. The van der Waals surface area contributed by atoms with E-state index in [-0.39, 0.29) is 23.6 Å². The second kappa shape index (κ2) is 12.3. The van der Waals surface area contributed by atoms with Crippen LogP contribution in [0.5, 0.6) is 0 Å². The summed E-state index contributed by atoms with van der Waals surface area (Å²) in [6.45, 7) is 7.52. The fourth-order valence-corrected chi connectivity index (χ4v) is 5.54. The molecule has 0 bridgehead atoms. The van der Waals surface area contributed by atoms with Crippen LogP contribution in [0.4, 0.5) is 5.82 Å². The molecule has 2 aliphatic heterocycles. The molecule has 2 amide bonds. The molecule has 1 aromatic carbocycles. The van der Waals surface area contributed by atoms with Gasteiger partial charge in [-0.25, -0.2) is 9.97 Å². The molecule has 2 aliphatic rings. The van der Waals surface area contributed by atoms with Crippen molar-refractivity contribution in [3.8, 4) is 0 Å². The summed E-state index contributed by atoms with van der Waals surface area (Å²) in [7, 11) is 0. The highest BCUT2D eigenvalue weighted by Crippen LogP contribution is 2.25. The van der Waals surface area contributed by atoms with Gasteiger partial charge in [0.2, 0.25) is 5.91 Å². The Labute approximate surface area is 220 Å². The van der Waals surface area contributed by atoms with Gasteiger partial charge in [0.25, 0.3) is 5.91 Å². The first-order chi connectivity index (χ1) is 16.9. The van der Waals surface area contributed by atoms with Gasteiger partial charge in [0.1, 0.15) is 11.0 Å². The lowest BCUT2D eigenvalue weighted by Gasteiger charge is -2.40. The molecule has 2 fully saturated rings. The number of rotatable bonds is 8. The summed E-state index contributed by atoms with van der Waals surface area (Å²) in [6, 6.07) is 8.79. The quantitative estimate of drug-likeness (QED) is 0.314. The van der Waals surface area contributed by atoms with Gasteiger partial charge in [-0.15, -0.1) is 0 Å². The highest BCUT2D eigenvalue weighted by Gasteiger charge is 2.30. The number of piperazine rings is 1. The average Bonchev–Trinajstić information content (AvgIpc) is 3.36. The monoisotopic (exact) mass is 536 g/mol. The maximum Gasteiger partial charge on any atom is 0.255 e. The molecule has 1 N–H and O–H groups in total. The maximum atomic E-state index is 13.0. The minimum absolute atomic E-state index is 0.0420. The van der Waals surface area contributed by atoms with E-state index in [9.17, 15) is 9.59 Å². The van der Waals surface area contributed by atoms with Crippen molar-refractivity contribution >= 4 is 52.6 Å². The molecule has 0 spiro atoms. The highest BCUT2D eigenvalue weighted by atomic mass is 35.5. The first-order valence-corrected chi connectivity index (χ1v) is 13.6. The minimum atomic E-state index is -0.0736. The largest absolute Gasteiger partial charge is 0.354 e. The van der Waals surface area contributed by atoms with Gasteiger partial charge in [-0.2, -0.15) is 0 Å². The zero-order valence-corrected chi connectivity index (χ0v) is 22.1. The van der Waals surface area contributed by atoms with E-state index < -0.39 is 0 Å². The average molecular weight is 538 g/mol. The lowest BCUT2D eigenvalue weighted by Crippen LogP contribution is -2.54. The molecule has 1 aromatic heterocycles. The maximum absolute atomic E-state index is 13.0. The second-order valence-corrected chi connectivity index (χ2v) is 10.5. The predicted octanol–water partition coefficient (Wildman–Crippen LogP) is 3.44. The number of aromatic nitrogens is 2. The van der Waals surface area contributed by atoms with Gasteiger partial charge >= 0.3 is 0 Å². The molecule has 0 aliphatic carbocycles. The molecular formula is C24H30Cl2N6O2S. The van der Waals surface area contributed by atoms with Gasteiger partial charge in [0.05, 0.1) is 16.3 Å². The molecule has 2 aromatic rings. The standard InChI is InChI=1S/C24H30Cl2N6O2S/c1-17-15-31(12-13-32(17)23(34)18-6-2-3-7-19(18)25)21-14-20(26)28-24(29-21)35-16-22(33)27-8-11-30-9-4-5-10-30/h2-3,6-7,14,17H,4-5,8-13,15-16H2,1H3,(H,27,33). The van der Waals surface area contributed by atoms with Crippen LogP contribution in [-0.4, -0.2) is 89.2 Å². The van der Waals surface area contributed by atoms with Crippen LogP contribution in [0.25, 0.3) is 0 Å². The summed E-state index contributed by atoms with van der Waals surface area (Å²) in [4.78, 5) is 40.5. The smallest absolute Gasteiger partial charge is 0.255 e. The van der Waals surface area contributed by atoms with Gasteiger partial charge in [0.15, 0.2) is 5.16 Å². The number of halogens is 2. The number of anilines is 1. The number of carbonyl (C=O) groups is 2. The SMILES string of the molecule is CC1CN(c2cc(Cl)nc(SCC(=O)NCCN3CCCC3)n2)CCN1C(=O)c1ccccc1Cl. The van der Waals surface area contributed by atoms with Crippen LogP contribution in [0, 0.1) is 0 Å². The molecule has 0 radical (unpaired) electrons. The summed E-state index contributed by atoms with van der Waals surface area (Å²) in [5, 5.41) is 4.21. The highest BCUT2D eigenvalue weighted by molar-refractivity contribution is 7.99. The number of nitrogens with zero attached hydrogens (tertiary/aromatic N) is 5. The Kier molecular flexibility index (Phi) is 9.10. The van der Waals surface area contributed by atoms with Gasteiger partial charge in [-0.3, -0.25) is 9.59 Å². The van der Waals surface area contributed by atoms with Crippen molar-refractivity contribution in [1.29, 1.82) is 0 Å². The van der Waals surface area contributed by atoms with Crippen molar-refractivity contribution in [2.45, 2.75) is 31.0 Å². The molecule has 4 rings (SSSR count). The molecule has 188 valence electrons. The van der Waals surface area contributed by atoms with Gasteiger partial charge < -0.3 is 20.0 Å². The van der Waals surface area contributed by atoms with E-state index in [1.54, 1.807) is 18.2 Å². The van der Waals surface area contributed by atoms with E-state index in [0.29, 0.717) is 52.9 Å². The molecule has 35 heavy (non-hydrogen) atoms. The minimum Gasteiger partial charge on any atom is -0.354 e. The Balaban J connectivity index is 1.31. The van der Waals surface area contributed by atoms with Crippen molar-refractivity contribution in [2.75, 3.05) is 56.5 Å². The Hall–Kier alpha value is -2.07. The molecule has 8 nitrogen and oxygen atoms in total. The third-order valence-corrected chi connectivity index (χ3v) is 7.63. The van der Waals surface area contributed by atoms with Crippen LogP contribution in [-0.2, 0) is 4.79 Å². The fraction of sp³-hybridized carbons (Fsp3) is 0.500. The third-order valence-electron chi connectivity index (χ3n) is 6.26. The number of hydrogen-bond donors (Lipinski definition) is 1. The van der Waals surface area contributed by atoms with Gasteiger partial charge in [-0.1, -0.05) is 47.1 Å². The summed E-state index contributed by atoms with van der Waals surface area (Å²) in [5.41, 5.74) is 0.511. The van der Waals surface area contributed by atoms with Crippen LogP contribution in [0.3, 0.4) is 0 Å². The van der Waals surface area contributed by atoms with Crippen LogP contribution in [0.1, 0.15) is 30.1 Å². The second-order valence-electron chi connectivity index (χ2n) is 8.79. The van der Waals surface area contributed by atoms with Crippen molar-refractivity contribution in [1.82, 2.24) is 25.1 Å². The molecule has 3 heterocycles. The van der Waals surface area contributed by atoms with Gasteiger partial charge in [-0.05, 0) is 45.0 Å². The van der Waals surface area contributed by atoms with Crippen molar-refractivity contribution in [2.24, 2.45) is 0 Å². The van der Waals surface area contributed by atoms with Crippen molar-refractivity contribution in [3.05, 3.63) is 46.1 Å². The molecule has 11 heteroatoms. The van der Waals surface area contributed by atoms with Crippen LogP contribution in [0.15, 0.2) is 35.5 Å². The topological polar surface area (TPSA) is 81.7 Å². The number of carbonyl (C=O) groups excluding carboxylic acids is 2. The van der Waals surface area contributed by atoms with E-state index in [1.807, 2.05) is 24.0 Å². The van der Waals surface area contributed by atoms with E-state index in [2.05, 4.69) is 25.1 Å². The molecule has 1 atom stereocenters. The van der Waals surface area contributed by atoms with Crippen molar-refractivity contribution < 1.29 is 9.59 Å². The Morgan fingerprint density at radius 2 is 1.89 bits per heavy atom. The number of nitrogens with one attached hydrogen (secondary N) is 1. The first-order valence-electron chi connectivity index (χ1n) is 11.9. The van der Waals surface area contributed by atoms with E-state index in [1.165, 1.54) is 24.6 Å². The fourth-order valence-electron chi connectivity index (χ4n) is 4.41. The van der Waals surface area contributed by atoms with Crippen LogP contribution < -0.4 is 10.2 Å². The lowest BCUT2D eigenvalue weighted by atomic mass is 10.1. The first kappa shape index (κ1) is 26.0. The Morgan fingerprint density at radius 1 is 1.11 bits per heavy atom. The number of hydrogen-bond acceptors (Lipinski definition) is 7. The molecule has 0 saturated carbocycles. The summed E-state index contributed by atoms with van der Waals surface area (Å²) >= 11 is 13.8. The third kappa shape index (κ3) is 7.00. The Bertz CT molecular complexity index is 1050. The van der Waals surface area contributed by atoms with E-state index >= 15 is 0 Å². The zero-order valence-electron chi connectivity index (χ0n) is 19.8. The molecule has 2 saturated heterocycles. The zero-order chi connectivity index (χ0) is 24.8.